The summed E-state index contributed by atoms with van der Waals surface area (Å²) in [5.74, 6) is 1.52. The second-order valence-electron chi connectivity index (χ2n) is 9.11. The van der Waals surface area contributed by atoms with Crippen LogP contribution in [0.2, 0.25) is 0 Å². The molecule has 0 bridgehead atoms. The largest absolute Gasteiger partial charge is 0.388 e. The zero-order chi connectivity index (χ0) is 19.1. The number of aliphatic hydroxyl groups excluding tert-OH is 1. The van der Waals surface area contributed by atoms with Gasteiger partial charge in [-0.15, -0.1) is 0 Å². The van der Waals surface area contributed by atoms with Crippen molar-refractivity contribution in [3.05, 3.63) is 70.5 Å². The van der Waals surface area contributed by atoms with E-state index in [2.05, 4.69) is 23.1 Å². The zero-order valence-electron chi connectivity index (χ0n) is 16.5. The Labute approximate surface area is 167 Å². The number of nitrogens with zero attached hydrogens (tertiary/aromatic N) is 1. The fraction of sp³-hybridized carbons (Fsp3) is 0.520. The van der Waals surface area contributed by atoms with Gasteiger partial charge in [-0.3, -0.25) is 4.90 Å². The van der Waals surface area contributed by atoms with Crippen LogP contribution in [0.5, 0.6) is 0 Å². The van der Waals surface area contributed by atoms with Crippen LogP contribution in [0.3, 0.4) is 0 Å². The van der Waals surface area contributed by atoms with E-state index in [1.165, 1.54) is 54.9 Å². The summed E-state index contributed by atoms with van der Waals surface area (Å²) in [7, 11) is 0. The van der Waals surface area contributed by atoms with Gasteiger partial charge in [0.25, 0.3) is 0 Å². The maximum Gasteiger partial charge on any atom is 0.123 e. The Morgan fingerprint density at radius 1 is 1.04 bits per heavy atom. The monoisotopic (exact) mass is 379 g/mol. The fourth-order valence-corrected chi connectivity index (χ4v) is 6.05. The van der Waals surface area contributed by atoms with Gasteiger partial charge in [0.15, 0.2) is 0 Å². The number of aliphatic hydroxyl groups is 1. The average Bonchev–Trinajstić information content (AvgIpc) is 2.98. The Bertz CT molecular complexity index is 842. The van der Waals surface area contributed by atoms with Gasteiger partial charge in [-0.2, -0.15) is 0 Å². The van der Waals surface area contributed by atoms with Crippen LogP contribution in [0.15, 0.2) is 42.5 Å². The van der Waals surface area contributed by atoms with Crippen LogP contribution in [-0.2, 0) is 13.0 Å². The predicted octanol–water partition coefficient (Wildman–Crippen LogP) is 5.21. The highest BCUT2D eigenvalue weighted by Gasteiger charge is 2.43. The summed E-state index contributed by atoms with van der Waals surface area (Å²) in [5.41, 5.74) is 5.26. The van der Waals surface area contributed by atoms with Crippen molar-refractivity contribution < 1.29 is 9.50 Å². The first-order valence-electron chi connectivity index (χ1n) is 11.0. The minimum atomic E-state index is -0.275. The summed E-state index contributed by atoms with van der Waals surface area (Å²) < 4.78 is 13.4. The molecule has 0 amide bonds. The average molecular weight is 380 g/mol. The summed E-state index contributed by atoms with van der Waals surface area (Å²) >= 11 is 0. The van der Waals surface area contributed by atoms with Crippen molar-refractivity contribution in [1.29, 1.82) is 0 Å². The molecule has 0 aromatic heterocycles. The Morgan fingerprint density at radius 2 is 1.86 bits per heavy atom. The lowest BCUT2D eigenvalue weighted by Gasteiger charge is -2.35. The van der Waals surface area contributed by atoms with Crippen molar-refractivity contribution in [1.82, 2.24) is 4.90 Å². The molecule has 5 rings (SSSR count). The van der Waals surface area contributed by atoms with Crippen molar-refractivity contribution >= 4 is 0 Å². The van der Waals surface area contributed by atoms with Gasteiger partial charge in [0.1, 0.15) is 5.82 Å². The van der Waals surface area contributed by atoms with E-state index in [0.29, 0.717) is 17.8 Å². The van der Waals surface area contributed by atoms with E-state index in [0.717, 1.165) is 31.6 Å². The Hall–Kier alpha value is -1.71. The molecule has 0 spiro atoms. The third-order valence-corrected chi connectivity index (χ3v) is 7.41. The van der Waals surface area contributed by atoms with Gasteiger partial charge in [-0.05, 0) is 104 Å². The first-order valence-corrected chi connectivity index (χ1v) is 11.0. The molecule has 0 radical (unpaired) electrons. The second-order valence-corrected chi connectivity index (χ2v) is 9.11. The van der Waals surface area contributed by atoms with Crippen LogP contribution < -0.4 is 0 Å². The molecule has 3 atom stereocenters. The summed E-state index contributed by atoms with van der Waals surface area (Å²) in [6.45, 7) is 2.99. The SMILES string of the molecule is OC1c2cccc3c2C(CCC3)C1CC1CCN(Cc2cccc(F)c2)CC1. The summed E-state index contributed by atoms with van der Waals surface area (Å²) in [4.78, 5) is 2.45. The molecule has 1 N–H and O–H groups in total. The lowest BCUT2D eigenvalue weighted by molar-refractivity contribution is 0.0754. The number of likely N-dealkylation sites (tertiary alicyclic amines) is 1. The molecule has 3 aliphatic rings. The molecule has 28 heavy (non-hydrogen) atoms. The molecule has 1 saturated heterocycles. The van der Waals surface area contributed by atoms with Gasteiger partial charge in [0.2, 0.25) is 0 Å². The number of rotatable bonds is 4. The van der Waals surface area contributed by atoms with E-state index in [-0.39, 0.29) is 11.9 Å². The maximum atomic E-state index is 13.4. The molecule has 2 aliphatic carbocycles. The minimum Gasteiger partial charge on any atom is -0.388 e. The van der Waals surface area contributed by atoms with Crippen LogP contribution in [0, 0.1) is 17.7 Å². The van der Waals surface area contributed by atoms with Crippen LogP contribution >= 0.6 is 0 Å². The quantitative estimate of drug-likeness (QED) is 0.788. The summed E-state index contributed by atoms with van der Waals surface area (Å²) in [5, 5.41) is 11.1. The topological polar surface area (TPSA) is 23.5 Å². The normalized spacial score (nSPS) is 27.7. The van der Waals surface area contributed by atoms with Crippen molar-refractivity contribution in [3.63, 3.8) is 0 Å². The van der Waals surface area contributed by atoms with Crippen LogP contribution in [0.4, 0.5) is 4.39 Å². The number of piperidine rings is 1. The van der Waals surface area contributed by atoms with Crippen LogP contribution in [-0.4, -0.2) is 23.1 Å². The number of halogens is 1. The summed E-state index contributed by atoms with van der Waals surface area (Å²) in [6, 6.07) is 13.5. The van der Waals surface area contributed by atoms with Crippen LogP contribution in [0.1, 0.15) is 66.4 Å². The van der Waals surface area contributed by atoms with Gasteiger partial charge < -0.3 is 5.11 Å². The molecule has 3 heteroatoms. The lowest BCUT2D eigenvalue weighted by Crippen LogP contribution is -2.34. The van der Waals surface area contributed by atoms with E-state index in [1.54, 1.807) is 12.1 Å². The third-order valence-electron chi connectivity index (χ3n) is 7.41. The lowest BCUT2D eigenvalue weighted by atomic mass is 9.75. The number of aryl methyl sites for hydroxylation is 1. The number of hydrogen-bond donors (Lipinski definition) is 1. The second kappa shape index (κ2) is 7.61. The van der Waals surface area contributed by atoms with Crippen molar-refractivity contribution in [2.45, 2.75) is 57.1 Å². The van der Waals surface area contributed by atoms with E-state index in [4.69, 9.17) is 0 Å². The van der Waals surface area contributed by atoms with Crippen molar-refractivity contribution in [2.75, 3.05) is 13.1 Å². The molecule has 1 heterocycles. The summed E-state index contributed by atoms with van der Waals surface area (Å²) in [6.07, 6.45) is 6.93. The smallest absolute Gasteiger partial charge is 0.123 e. The number of benzene rings is 2. The van der Waals surface area contributed by atoms with Gasteiger partial charge >= 0.3 is 0 Å². The predicted molar refractivity (Wildman–Crippen MR) is 110 cm³/mol. The van der Waals surface area contributed by atoms with Crippen molar-refractivity contribution in [2.24, 2.45) is 11.8 Å². The van der Waals surface area contributed by atoms with Gasteiger partial charge in [0, 0.05) is 6.54 Å². The van der Waals surface area contributed by atoms with Gasteiger partial charge in [-0.25, -0.2) is 4.39 Å². The van der Waals surface area contributed by atoms with E-state index < -0.39 is 0 Å². The maximum absolute atomic E-state index is 13.4. The molecule has 2 nitrogen and oxygen atoms in total. The fourth-order valence-electron chi connectivity index (χ4n) is 6.05. The standard InChI is InChI=1S/C25H30FNO/c26-20-7-1-4-18(14-20)16-27-12-10-17(11-13-27)15-23-21-8-2-5-19-6-3-9-22(24(19)21)25(23)28/h1,3-4,6-7,9,14,17,21,23,25,28H,2,5,8,10-13,15-16H2. The molecule has 1 fully saturated rings. The molecular formula is C25H30FNO. The van der Waals surface area contributed by atoms with Crippen molar-refractivity contribution in [3.8, 4) is 0 Å². The molecule has 0 saturated carbocycles. The molecule has 3 unspecified atom stereocenters. The Balaban J connectivity index is 1.21. The van der Waals surface area contributed by atoms with E-state index >= 15 is 0 Å². The van der Waals surface area contributed by atoms with E-state index in [9.17, 15) is 9.50 Å². The molecule has 148 valence electrons. The first-order chi connectivity index (χ1) is 13.7. The Morgan fingerprint density at radius 3 is 2.68 bits per heavy atom. The highest BCUT2D eigenvalue weighted by atomic mass is 19.1. The molecular weight excluding hydrogens is 349 g/mol. The minimum absolute atomic E-state index is 0.144. The number of hydrogen-bond acceptors (Lipinski definition) is 2. The zero-order valence-corrected chi connectivity index (χ0v) is 16.5. The van der Waals surface area contributed by atoms with E-state index in [1.807, 2.05) is 6.07 Å². The molecule has 2 aromatic carbocycles. The van der Waals surface area contributed by atoms with Crippen LogP contribution in [0.25, 0.3) is 0 Å². The highest BCUT2D eigenvalue weighted by Crippen LogP contribution is 2.53. The van der Waals surface area contributed by atoms with Gasteiger partial charge in [0.05, 0.1) is 6.10 Å². The van der Waals surface area contributed by atoms with Gasteiger partial charge in [-0.1, -0.05) is 30.3 Å². The Kier molecular flexibility index (Phi) is 4.98. The molecule has 2 aromatic rings. The molecule has 1 aliphatic heterocycles. The first kappa shape index (κ1) is 18.3. The highest BCUT2D eigenvalue weighted by molar-refractivity contribution is 5.45. The third kappa shape index (κ3) is 3.40.